The number of aryl methyl sites for hydroxylation is 1. The van der Waals surface area contributed by atoms with Gasteiger partial charge in [0, 0.05) is 56.0 Å². The van der Waals surface area contributed by atoms with Gasteiger partial charge < -0.3 is 14.9 Å². The quantitative estimate of drug-likeness (QED) is 0.599. The number of piperidine rings is 1. The summed E-state index contributed by atoms with van der Waals surface area (Å²) in [6.45, 7) is 5.19. The first kappa shape index (κ1) is 23.6. The van der Waals surface area contributed by atoms with Gasteiger partial charge in [-0.1, -0.05) is 24.3 Å². The first-order valence-corrected chi connectivity index (χ1v) is 13.5. The molecule has 2 aliphatic heterocycles. The molecule has 3 heterocycles. The van der Waals surface area contributed by atoms with E-state index in [0.29, 0.717) is 32.5 Å². The van der Waals surface area contributed by atoms with Gasteiger partial charge in [0.2, 0.25) is 15.9 Å². The minimum absolute atomic E-state index is 0.0243. The molecule has 0 radical (unpaired) electrons. The number of hydrogen-bond acceptors (Lipinski definition) is 6. The summed E-state index contributed by atoms with van der Waals surface area (Å²) in [5.74, 6) is -0.423. The molecule has 3 aromatic rings. The van der Waals surface area contributed by atoms with Crippen molar-refractivity contribution in [2.45, 2.75) is 24.7 Å². The highest BCUT2D eigenvalue weighted by Gasteiger charge is 2.36. The number of nitrogens with zero attached hydrogens (tertiary/aromatic N) is 4. The average Bonchev–Trinajstić information content (AvgIpc) is 2.88. The minimum Gasteiger partial charge on any atom is -0.508 e. The van der Waals surface area contributed by atoms with Crippen molar-refractivity contribution in [3.8, 4) is 5.75 Å². The van der Waals surface area contributed by atoms with Crippen LogP contribution in [0.4, 0.5) is 5.69 Å². The van der Waals surface area contributed by atoms with Crippen LogP contribution < -0.4 is 4.90 Å². The molecule has 0 saturated carbocycles. The zero-order valence-corrected chi connectivity index (χ0v) is 20.6. The number of anilines is 1. The number of rotatable bonds is 4. The maximum absolute atomic E-state index is 13.4. The van der Waals surface area contributed by atoms with Gasteiger partial charge in [-0.3, -0.25) is 9.78 Å². The predicted molar refractivity (Wildman–Crippen MR) is 135 cm³/mol. The van der Waals surface area contributed by atoms with Crippen molar-refractivity contribution in [2.75, 3.05) is 44.2 Å². The Morgan fingerprint density at radius 2 is 1.77 bits per heavy atom. The number of aromatic nitrogens is 1. The van der Waals surface area contributed by atoms with Crippen molar-refractivity contribution in [1.29, 1.82) is 0 Å². The van der Waals surface area contributed by atoms with Crippen LogP contribution in [0, 0.1) is 12.8 Å². The molecule has 184 valence electrons. The Morgan fingerprint density at radius 1 is 1.00 bits per heavy atom. The van der Waals surface area contributed by atoms with Crippen LogP contribution in [-0.4, -0.2) is 72.9 Å². The van der Waals surface area contributed by atoms with E-state index in [1.54, 1.807) is 0 Å². The lowest BCUT2D eigenvalue weighted by molar-refractivity contribution is -0.137. The lowest BCUT2D eigenvalue weighted by atomic mass is 9.97. The Balaban J connectivity index is 1.26. The Labute approximate surface area is 205 Å². The molecule has 2 saturated heterocycles. The molecule has 9 heteroatoms. The summed E-state index contributed by atoms with van der Waals surface area (Å²) < 4.78 is 27.6. The molecule has 35 heavy (non-hydrogen) atoms. The maximum atomic E-state index is 13.4. The van der Waals surface area contributed by atoms with Gasteiger partial charge in [-0.05, 0) is 50.1 Å². The molecule has 1 amide bonds. The first-order chi connectivity index (χ1) is 16.8. The summed E-state index contributed by atoms with van der Waals surface area (Å²) >= 11 is 0. The third kappa shape index (κ3) is 4.70. The van der Waals surface area contributed by atoms with Crippen LogP contribution >= 0.6 is 0 Å². The van der Waals surface area contributed by atoms with Gasteiger partial charge in [-0.15, -0.1) is 0 Å². The highest BCUT2D eigenvalue weighted by Crippen LogP contribution is 2.29. The normalized spacial score (nSPS) is 19.7. The fourth-order valence-electron chi connectivity index (χ4n) is 5.13. The molecule has 1 aromatic heterocycles. The Hall–Kier alpha value is -3.17. The highest BCUT2D eigenvalue weighted by molar-refractivity contribution is 7.89. The highest BCUT2D eigenvalue weighted by atomic mass is 32.2. The number of fused-ring (bicyclic) bond motifs is 1. The van der Waals surface area contributed by atoms with Gasteiger partial charge in [-0.2, -0.15) is 4.31 Å². The number of benzene rings is 2. The number of para-hydroxylation sites is 1. The third-order valence-corrected chi connectivity index (χ3v) is 8.80. The molecule has 0 aliphatic carbocycles. The van der Waals surface area contributed by atoms with Gasteiger partial charge >= 0.3 is 0 Å². The number of carbonyl (C=O) groups excluding carboxylic acids is 1. The third-order valence-electron chi connectivity index (χ3n) is 6.94. The second kappa shape index (κ2) is 9.47. The molecular weight excluding hydrogens is 464 g/mol. The van der Waals surface area contributed by atoms with Crippen molar-refractivity contribution in [1.82, 2.24) is 14.2 Å². The van der Waals surface area contributed by atoms with Crippen LogP contribution in [0.25, 0.3) is 10.9 Å². The Kier molecular flexibility index (Phi) is 6.37. The fourth-order valence-corrected chi connectivity index (χ4v) is 6.69. The van der Waals surface area contributed by atoms with E-state index in [-0.39, 0.29) is 29.0 Å². The lowest BCUT2D eigenvalue weighted by Gasteiger charge is -2.39. The number of amides is 1. The van der Waals surface area contributed by atoms with Crippen molar-refractivity contribution in [3.63, 3.8) is 0 Å². The molecule has 2 aromatic carbocycles. The molecule has 0 bridgehead atoms. The fraction of sp³-hybridized carbons (Fsp3) is 0.385. The van der Waals surface area contributed by atoms with Crippen molar-refractivity contribution in [3.05, 3.63) is 60.3 Å². The maximum Gasteiger partial charge on any atom is 0.243 e. The van der Waals surface area contributed by atoms with E-state index in [0.717, 1.165) is 35.4 Å². The number of pyridine rings is 1. The number of hydrogen-bond donors (Lipinski definition) is 1. The smallest absolute Gasteiger partial charge is 0.243 e. The predicted octanol–water partition coefficient (Wildman–Crippen LogP) is 3.00. The number of aromatic hydroxyl groups is 1. The van der Waals surface area contributed by atoms with Gasteiger partial charge in [-0.25, -0.2) is 8.42 Å². The largest absolute Gasteiger partial charge is 0.508 e. The number of piperazine rings is 1. The van der Waals surface area contributed by atoms with Crippen LogP contribution in [-0.2, 0) is 14.8 Å². The van der Waals surface area contributed by atoms with Crippen LogP contribution in [0.5, 0.6) is 5.75 Å². The molecular formula is C26H30N4O4S. The number of sulfonamides is 1. The molecule has 0 spiro atoms. The molecule has 1 atom stereocenters. The van der Waals surface area contributed by atoms with Gasteiger partial charge in [0.15, 0.2) is 0 Å². The number of phenols is 1. The van der Waals surface area contributed by atoms with Crippen molar-refractivity contribution < 1.29 is 18.3 Å². The standard InChI is InChI=1S/C26H30N4O4S/c1-19-16-25(23-9-2-3-10-24(23)27-19)28-12-14-29(15-13-28)26(32)20-6-5-11-30(18-20)35(33,34)22-8-4-7-21(31)17-22/h2-4,7-10,16-17,20,31H,5-6,11-15,18H2,1H3. The first-order valence-electron chi connectivity index (χ1n) is 12.0. The van der Waals surface area contributed by atoms with E-state index < -0.39 is 10.0 Å². The Bertz CT molecular complexity index is 1350. The van der Waals surface area contributed by atoms with Crippen LogP contribution in [0.1, 0.15) is 18.5 Å². The van der Waals surface area contributed by atoms with E-state index >= 15 is 0 Å². The summed E-state index contributed by atoms with van der Waals surface area (Å²) in [5, 5.41) is 10.8. The minimum atomic E-state index is -3.76. The van der Waals surface area contributed by atoms with E-state index in [4.69, 9.17) is 0 Å². The monoisotopic (exact) mass is 494 g/mol. The van der Waals surface area contributed by atoms with E-state index in [2.05, 4.69) is 22.0 Å². The molecule has 2 aliphatic rings. The zero-order chi connectivity index (χ0) is 24.6. The van der Waals surface area contributed by atoms with Crippen LogP contribution in [0.2, 0.25) is 0 Å². The summed E-state index contributed by atoms with van der Waals surface area (Å²) in [6.07, 6.45) is 1.32. The average molecular weight is 495 g/mol. The zero-order valence-electron chi connectivity index (χ0n) is 19.8. The van der Waals surface area contributed by atoms with Gasteiger partial charge in [0.05, 0.1) is 16.3 Å². The Morgan fingerprint density at radius 3 is 2.54 bits per heavy atom. The van der Waals surface area contributed by atoms with Crippen molar-refractivity contribution >= 4 is 32.5 Å². The molecule has 1 unspecified atom stereocenters. The lowest BCUT2D eigenvalue weighted by Crippen LogP contribution is -2.53. The number of phenolic OH excluding ortho intramolecular Hbond substituents is 1. The van der Waals surface area contributed by atoms with E-state index in [1.807, 2.05) is 30.0 Å². The van der Waals surface area contributed by atoms with Crippen LogP contribution in [0.15, 0.2) is 59.5 Å². The van der Waals surface area contributed by atoms with Gasteiger partial charge in [0.25, 0.3) is 0 Å². The topological polar surface area (TPSA) is 94.0 Å². The second-order valence-electron chi connectivity index (χ2n) is 9.31. The summed E-state index contributed by atoms with van der Waals surface area (Å²) in [6, 6.07) is 15.9. The van der Waals surface area contributed by atoms with E-state index in [9.17, 15) is 18.3 Å². The second-order valence-corrected chi connectivity index (χ2v) is 11.2. The van der Waals surface area contributed by atoms with Crippen molar-refractivity contribution in [2.24, 2.45) is 5.92 Å². The summed E-state index contributed by atoms with van der Waals surface area (Å²) in [7, 11) is -3.76. The molecule has 5 rings (SSSR count). The van der Waals surface area contributed by atoms with Gasteiger partial charge in [0.1, 0.15) is 5.75 Å². The molecule has 2 fully saturated rings. The molecule has 8 nitrogen and oxygen atoms in total. The SMILES string of the molecule is Cc1cc(N2CCN(C(=O)C3CCCN(S(=O)(=O)c4cccc(O)c4)C3)CC2)c2ccccc2n1. The van der Waals surface area contributed by atoms with Crippen LogP contribution in [0.3, 0.4) is 0 Å². The number of carbonyl (C=O) groups is 1. The summed E-state index contributed by atoms with van der Waals surface area (Å²) in [4.78, 5) is 22.2. The summed E-state index contributed by atoms with van der Waals surface area (Å²) in [5.41, 5.74) is 3.07. The molecule has 1 N–H and O–H groups in total. The van der Waals surface area contributed by atoms with E-state index in [1.165, 1.54) is 28.6 Å².